The quantitative estimate of drug-likeness (QED) is 0.572. The Kier molecular flexibility index (Phi) is 7.56. The summed E-state index contributed by atoms with van der Waals surface area (Å²) < 4.78 is 10.7. The van der Waals surface area contributed by atoms with Crippen LogP contribution in [0.4, 0.5) is 5.69 Å². The molecule has 0 aliphatic heterocycles. The van der Waals surface area contributed by atoms with Crippen molar-refractivity contribution in [2.24, 2.45) is 0 Å². The molecule has 0 aromatic heterocycles. The highest BCUT2D eigenvalue weighted by molar-refractivity contribution is 6.06. The number of allylic oxidation sites excluding steroid dienone is 3. The summed E-state index contributed by atoms with van der Waals surface area (Å²) in [4.78, 5) is 24.4. The number of nitrogens with one attached hydrogen (secondary N) is 2. The lowest BCUT2D eigenvalue weighted by molar-refractivity contribution is -0.111. The average molecular weight is 366 g/mol. The molecule has 1 aliphatic rings. The van der Waals surface area contributed by atoms with Crippen molar-refractivity contribution in [1.82, 2.24) is 5.32 Å². The Labute approximate surface area is 158 Å². The standard InChI is InChI=1S/C21H22N2O4/c1-4-13-22-21(25)16-7-5-6-8-17(16)23-20(24)12-10-15-9-11-18(26-2)19(14-15)27-3/h1,5-12,14,18-19H,13H2,2-3H3,(H,22,25)(H,23,24)/b12-10+. The third-order valence-electron chi connectivity index (χ3n) is 3.91. The second-order valence-corrected chi connectivity index (χ2v) is 5.68. The average Bonchev–Trinajstić information content (AvgIpc) is 2.70. The number of amides is 2. The number of rotatable bonds is 7. The maximum atomic E-state index is 12.2. The van der Waals surface area contributed by atoms with Crippen molar-refractivity contribution < 1.29 is 19.1 Å². The molecule has 6 nitrogen and oxygen atoms in total. The first-order chi connectivity index (χ1) is 13.1. The highest BCUT2D eigenvalue weighted by atomic mass is 16.5. The Morgan fingerprint density at radius 2 is 1.96 bits per heavy atom. The van der Waals surface area contributed by atoms with Crippen LogP contribution in [0.15, 0.2) is 60.2 Å². The normalized spacial score (nSPS) is 18.6. The first kappa shape index (κ1) is 20.2. The lowest BCUT2D eigenvalue weighted by Crippen LogP contribution is -2.28. The highest BCUT2D eigenvalue weighted by Crippen LogP contribution is 2.18. The van der Waals surface area contributed by atoms with Gasteiger partial charge in [-0.05, 0) is 29.9 Å². The molecule has 0 saturated carbocycles. The topological polar surface area (TPSA) is 76.7 Å². The van der Waals surface area contributed by atoms with E-state index in [1.165, 1.54) is 6.08 Å². The van der Waals surface area contributed by atoms with E-state index in [9.17, 15) is 9.59 Å². The minimum absolute atomic E-state index is 0.116. The molecule has 6 heteroatoms. The Hall–Kier alpha value is -3.14. The van der Waals surface area contributed by atoms with Gasteiger partial charge in [0, 0.05) is 20.3 Å². The SMILES string of the molecule is C#CCNC(=O)c1ccccc1NC(=O)/C=C/C1=CC(OC)C(OC)C=C1. The molecular formula is C21H22N2O4. The van der Waals surface area contributed by atoms with Crippen molar-refractivity contribution in [3.05, 3.63) is 65.8 Å². The fourth-order valence-corrected chi connectivity index (χ4v) is 2.54. The minimum Gasteiger partial charge on any atom is -0.374 e. The van der Waals surface area contributed by atoms with Gasteiger partial charge < -0.3 is 20.1 Å². The van der Waals surface area contributed by atoms with Crippen LogP contribution in [0, 0.1) is 12.3 Å². The monoisotopic (exact) mass is 366 g/mol. The maximum Gasteiger partial charge on any atom is 0.254 e. The molecule has 0 spiro atoms. The fraction of sp³-hybridized carbons (Fsp3) is 0.238. The van der Waals surface area contributed by atoms with E-state index in [1.54, 1.807) is 44.6 Å². The molecule has 27 heavy (non-hydrogen) atoms. The van der Waals surface area contributed by atoms with Crippen molar-refractivity contribution in [3.8, 4) is 12.3 Å². The molecule has 2 unspecified atom stereocenters. The van der Waals surface area contributed by atoms with Crippen molar-refractivity contribution >= 4 is 17.5 Å². The summed E-state index contributed by atoms with van der Waals surface area (Å²) in [6, 6.07) is 6.72. The van der Waals surface area contributed by atoms with Crippen LogP contribution in [0.2, 0.25) is 0 Å². The van der Waals surface area contributed by atoms with Crippen LogP contribution in [0.25, 0.3) is 0 Å². The van der Waals surface area contributed by atoms with E-state index in [-0.39, 0.29) is 30.6 Å². The first-order valence-corrected chi connectivity index (χ1v) is 8.34. The third kappa shape index (κ3) is 5.68. The molecule has 1 aromatic rings. The van der Waals surface area contributed by atoms with Gasteiger partial charge in [0.1, 0.15) is 12.2 Å². The van der Waals surface area contributed by atoms with E-state index >= 15 is 0 Å². The number of ether oxygens (including phenoxy) is 2. The van der Waals surface area contributed by atoms with Gasteiger partial charge >= 0.3 is 0 Å². The number of hydrogen-bond acceptors (Lipinski definition) is 4. The van der Waals surface area contributed by atoms with Crippen LogP contribution in [0.1, 0.15) is 10.4 Å². The van der Waals surface area contributed by atoms with Crippen molar-refractivity contribution in [3.63, 3.8) is 0 Å². The van der Waals surface area contributed by atoms with Crippen molar-refractivity contribution in [1.29, 1.82) is 0 Å². The van der Waals surface area contributed by atoms with Gasteiger partial charge in [-0.3, -0.25) is 9.59 Å². The van der Waals surface area contributed by atoms with E-state index in [0.717, 1.165) is 5.57 Å². The predicted octanol–water partition coefficient (Wildman–Crippen LogP) is 2.07. The molecule has 0 saturated heterocycles. The van der Waals surface area contributed by atoms with E-state index in [0.29, 0.717) is 11.3 Å². The molecule has 0 bridgehead atoms. The number of hydrogen-bond donors (Lipinski definition) is 2. The molecule has 2 rings (SSSR count). The van der Waals surface area contributed by atoms with E-state index in [1.807, 2.05) is 18.2 Å². The van der Waals surface area contributed by atoms with E-state index in [4.69, 9.17) is 15.9 Å². The van der Waals surface area contributed by atoms with Gasteiger partial charge in [-0.25, -0.2) is 0 Å². The van der Waals surface area contributed by atoms with Gasteiger partial charge in [0.25, 0.3) is 5.91 Å². The van der Waals surface area contributed by atoms with Gasteiger partial charge in [-0.2, -0.15) is 0 Å². The zero-order valence-corrected chi connectivity index (χ0v) is 15.3. The molecule has 2 amide bonds. The number of terminal acetylenes is 1. The molecule has 140 valence electrons. The molecular weight excluding hydrogens is 344 g/mol. The Balaban J connectivity index is 2.05. The van der Waals surface area contributed by atoms with Crippen molar-refractivity contribution in [2.75, 3.05) is 26.1 Å². The lowest BCUT2D eigenvalue weighted by atomic mass is 10.0. The predicted molar refractivity (Wildman–Crippen MR) is 104 cm³/mol. The Morgan fingerprint density at radius 3 is 2.67 bits per heavy atom. The summed E-state index contributed by atoms with van der Waals surface area (Å²) in [6.07, 6.45) is 13.4. The number of benzene rings is 1. The van der Waals surface area contributed by atoms with Crippen LogP contribution >= 0.6 is 0 Å². The summed E-state index contributed by atoms with van der Waals surface area (Å²) in [7, 11) is 3.21. The molecule has 2 N–H and O–H groups in total. The number of carbonyl (C=O) groups is 2. The molecule has 1 aromatic carbocycles. The van der Waals surface area contributed by atoms with Crippen LogP contribution < -0.4 is 10.6 Å². The van der Waals surface area contributed by atoms with Gasteiger partial charge in [0.2, 0.25) is 5.91 Å². The van der Waals surface area contributed by atoms with E-state index < -0.39 is 0 Å². The Morgan fingerprint density at radius 1 is 1.22 bits per heavy atom. The Bertz CT molecular complexity index is 818. The summed E-state index contributed by atoms with van der Waals surface area (Å²) in [5, 5.41) is 5.29. The molecule has 0 fully saturated rings. The van der Waals surface area contributed by atoms with Crippen LogP contribution in [0.3, 0.4) is 0 Å². The number of methoxy groups -OCH3 is 2. The zero-order valence-electron chi connectivity index (χ0n) is 15.3. The fourth-order valence-electron chi connectivity index (χ4n) is 2.54. The second-order valence-electron chi connectivity index (χ2n) is 5.68. The van der Waals surface area contributed by atoms with Crippen molar-refractivity contribution in [2.45, 2.75) is 12.2 Å². The number of carbonyl (C=O) groups excluding carboxylic acids is 2. The second kappa shape index (κ2) is 10.1. The largest absolute Gasteiger partial charge is 0.374 e. The maximum absolute atomic E-state index is 12.2. The molecule has 1 aliphatic carbocycles. The van der Waals surface area contributed by atoms with Gasteiger partial charge in [-0.1, -0.05) is 30.2 Å². The van der Waals surface area contributed by atoms with Gasteiger partial charge in [-0.15, -0.1) is 6.42 Å². The lowest BCUT2D eigenvalue weighted by Gasteiger charge is -2.22. The smallest absolute Gasteiger partial charge is 0.254 e. The van der Waals surface area contributed by atoms with Crippen LogP contribution in [-0.4, -0.2) is 44.8 Å². The highest BCUT2D eigenvalue weighted by Gasteiger charge is 2.19. The van der Waals surface area contributed by atoms with Crippen LogP contribution in [0.5, 0.6) is 0 Å². The summed E-state index contributed by atoms with van der Waals surface area (Å²) >= 11 is 0. The van der Waals surface area contributed by atoms with E-state index in [2.05, 4.69) is 16.6 Å². The molecule has 2 atom stereocenters. The molecule has 0 heterocycles. The minimum atomic E-state index is -0.357. The first-order valence-electron chi connectivity index (χ1n) is 8.34. The molecule has 0 radical (unpaired) electrons. The van der Waals surface area contributed by atoms with Gasteiger partial charge in [0.15, 0.2) is 0 Å². The third-order valence-corrected chi connectivity index (χ3v) is 3.91. The summed E-state index contributed by atoms with van der Waals surface area (Å²) in [5.41, 5.74) is 1.57. The summed E-state index contributed by atoms with van der Waals surface area (Å²) in [6.45, 7) is 0.116. The number of para-hydroxylation sites is 1. The zero-order chi connectivity index (χ0) is 19.6. The number of anilines is 1. The summed E-state index contributed by atoms with van der Waals surface area (Å²) in [5.74, 6) is 1.63. The van der Waals surface area contributed by atoms with Gasteiger partial charge in [0.05, 0.1) is 17.8 Å². The van der Waals surface area contributed by atoms with Crippen LogP contribution in [-0.2, 0) is 14.3 Å².